The third-order valence-electron chi connectivity index (χ3n) is 5.86. The molecule has 0 saturated carbocycles. The summed E-state index contributed by atoms with van der Waals surface area (Å²) in [5.41, 5.74) is 2.43. The molecule has 0 aromatic carbocycles. The van der Waals surface area contributed by atoms with E-state index in [1.165, 1.54) is 16.9 Å². The fourth-order valence-electron chi connectivity index (χ4n) is 4.08. The van der Waals surface area contributed by atoms with Crippen LogP contribution in [0.25, 0.3) is 0 Å². The third-order valence-corrected chi connectivity index (χ3v) is 7.08. The van der Waals surface area contributed by atoms with Crippen molar-refractivity contribution in [1.29, 1.82) is 0 Å². The molecule has 4 rings (SSSR count). The Labute approximate surface area is 170 Å². The Kier molecular flexibility index (Phi) is 5.49. The number of aromatic nitrogens is 1. The van der Waals surface area contributed by atoms with E-state index in [-0.39, 0.29) is 17.7 Å². The van der Waals surface area contributed by atoms with E-state index in [4.69, 9.17) is 0 Å². The number of fused-ring (bicyclic) bond motifs is 1. The van der Waals surface area contributed by atoms with E-state index in [0.29, 0.717) is 37.7 Å². The zero-order valence-electron chi connectivity index (χ0n) is 16.5. The molecule has 0 spiro atoms. The van der Waals surface area contributed by atoms with Crippen molar-refractivity contribution in [3.63, 3.8) is 0 Å². The number of carbonyl (C=O) groups excluding carboxylic acids is 2. The van der Waals surface area contributed by atoms with E-state index in [9.17, 15) is 9.59 Å². The van der Waals surface area contributed by atoms with Gasteiger partial charge >= 0.3 is 0 Å². The maximum Gasteiger partial charge on any atom is 0.263 e. The number of hydrogen-bond acceptors (Lipinski definition) is 4. The number of rotatable bonds is 3. The van der Waals surface area contributed by atoms with E-state index in [1.54, 1.807) is 17.5 Å². The highest BCUT2D eigenvalue weighted by Gasteiger charge is 2.29. The Morgan fingerprint density at radius 3 is 2.71 bits per heavy atom. The molecule has 148 valence electrons. The van der Waals surface area contributed by atoms with Crippen LogP contribution in [-0.2, 0) is 17.6 Å². The lowest BCUT2D eigenvalue weighted by atomic mass is 9.90. The lowest BCUT2D eigenvalue weighted by molar-refractivity contribution is -0.121. The summed E-state index contributed by atoms with van der Waals surface area (Å²) in [4.78, 5) is 33.8. The normalized spacial score (nSPS) is 19.9. The number of amides is 2. The Balaban J connectivity index is 1.33. The maximum absolute atomic E-state index is 12.9. The average Bonchev–Trinajstić information content (AvgIpc) is 3.12. The molecule has 1 aliphatic carbocycles. The minimum atomic E-state index is -0.0652. The van der Waals surface area contributed by atoms with Gasteiger partial charge in [-0.25, -0.2) is 4.98 Å². The van der Waals surface area contributed by atoms with E-state index in [1.807, 2.05) is 24.0 Å². The summed E-state index contributed by atoms with van der Waals surface area (Å²) in [6.07, 6.45) is 6.56. The van der Waals surface area contributed by atoms with Crippen LogP contribution in [0.3, 0.4) is 0 Å². The number of hydrogen-bond donors (Lipinski definition) is 1. The first-order chi connectivity index (χ1) is 13.5. The topological polar surface area (TPSA) is 62.3 Å². The molecule has 1 N–H and O–H groups in total. The van der Waals surface area contributed by atoms with Gasteiger partial charge in [0.2, 0.25) is 5.91 Å². The van der Waals surface area contributed by atoms with Gasteiger partial charge in [0.05, 0.1) is 4.88 Å². The number of thiophene rings is 1. The summed E-state index contributed by atoms with van der Waals surface area (Å²) in [6, 6.07) is 5.87. The summed E-state index contributed by atoms with van der Waals surface area (Å²) < 4.78 is 0. The summed E-state index contributed by atoms with van der Waals surface area (Å²) in [7, 11) is 0. The molecule has 28 heavy (non-hydrogen) atoms. The summed E-state index contributed by atoms with van der Waals surface area (Å²) >= 11 is 1.67. The fraction of sp³-hybridized carbons (Fsp3) is 0.500. The Hall–Kier alpha value is -2.21. The molecule has 2 aromatic rings. The van der Waals surface area contributed by atoms with Crippen LogP contribution in [0, 0.1) is 18.8 Å². The molecule has 0 radical (unpaired) electrons. The van der Waals surface area contributed by atoms with Gasteiger partial charge in [0.15, 0.2) is 0 Å². The predicted octanol–water partition coefficient (Wildman–Crippen LogP) is 4.07. The molecule has 3 heterocycles. The molecule has 1 atom stereocenters. The zero-order chi connectivity index (χ0) is 19.7. The minimum absolute atomic E-state index is 0.00373. The third kappa shape index (κ3) is 4.12. The molecule has 2 aromatic heterocycles. The van der Waals surface area contributed by atoms with E-state index >= 15 is 0 Å². The monoisotopic (exact) mass is 397 g/mol. The fourth-order valence-corrected chi connectivity index (χ4v) is 5.26. The molecular weight excluding hydrogens is 370 g/mol. The maximum atomic E-state index is 12.9. The van der Waals surface area contributed by atoms with Crippen LogP contribution in [0.5, 0.6) is 0 Å². The second-order valence-corrected chi connectivity index (χ2v) is 9.32. The van der Waals surface area contributed by atoms with Crippen molar-refractivity contribution in [2.75, 3.05) is 18.4 Å². The van der Waals surface area contributed by atoms with Crippen LogP contribution >= 0.6 is 11.3 Å². The molecule has 0 bridgehead atoms. The highest BCUT2D eigenvalue weighted by atomic mass is 32.1. The Morgan fingerprint density at radius 1 is 1.21 bits per heavy atom. The Morgan fingerprint density at radius 2 is 2.00 bits per heavy atom. The van der Waals surface area contributed by atoms with Gasteiger partial charge < -0.3 is 10.2 Å². The van der Waals surface area contributed by atoms with E-state index < -0.39 is 0 Å². The second kappa shape index (κ2) is 8.03. The van der Waals surface area contributed by atoms with Crippen molar-refractivity contribution in [2.24, 2.45) is 11.8 Å². The molecule has 0 unspecified atom stereocenters. The quantitative estimate of drug-likeness (QED) is 0.849. The van der Waals surface area contributed by atoms with Gasteiger partial charge in [-0.15, -0.1) is 11.3 Å². The minimum Gasteiger partial charge on any atom is -0.338 e. The van der Waals surface area contributed by atoms with Gasteiger partial charge in [-0.3, -0.25) is 9.59 Å². The van der Waals surface area contributed by atoms with Crippen molar-refractivity contribution in [1.82, 2.24) is 9.88 Å². The van der Waals surface area contributed by atoms with Crippen LogP contribution in [-0.4, -0.2) is 34.8 Å². The van der Waals surface area contributed by atoms with Crippen LogP contribution in [0.4, 0.5) is 5.82 Å². The van der Waals surface area contributed by atoms with Crippen LogP contribution < -0.4 is 5.32 Å². The predicted molar refractivity (Wildman–Crippen MR) is 112 cm³/mol. The van der Waals surface area contributed by atoms with Crippen molar-refractivity contribution < 1.29 is 9.59 Å². The highest BCUT2D eigenvalue weighted by Crippen LogP contribution is 2.33. The van der Waals surface area contributed by atoms with Crippen LogP contribution in [0.1, 0.15) is 51.9 Å². The standard InChI is InChI=1S/C22H27N3O2S/c1-14-3-5-18-17(11-14)12-19(28-18)22(27)25-9-7-16(8-10-25)21(26)24-20-6-4-15(2)13-23-20/h4,6,12-14,16H,3,5,7-11H2,1-2H3,(H,23,24,26)/t14-/m1/s1. The lowest BCUT2D eigenvalue weighted by Crippen LogP contribution is -2.41. The lowest BCUT2D eigenvalue weighted by Gasteiger charge is -2.31. The van der Waals surface area contributed by atoms with Gasteiger partial charge in [-0.05, 0) is 68.2 Å². The molecule has 5 nitrogen and oxygen atoms in total. The summed E-state index contributed by atoms with van der Waals surface area (Å²) in [6.45, 7) is 5.52. The molecular formula is C22H27N3O2S. The van der Waals surface area contributed by atoms with E-state index in [2.05, 4.69) is 23.3 Å². The number of pyridine rings is 1. The molecule has 1 saturated heterocycles. The molecule has 2 amide bonds. The number of aryl methyl sites for hydroxylation is 2. The molecule has 1 aliphatic heterocycles. The van der Waals surface area contributed by atoms with Gasteiger partial charge in [-0.1, -0.05) is 13.0 Å². The van der Waals surface area contributed by atoms with E-state index in [0.717, 1.165) is 23.3 Å². The number of piperidine rings is 1. The van der Waals surface area contributed by atoms with Crippen molar-refractivity contribution in [3.8, 4) is 0 Å². The number of likely N-dealkylation sites (tertiary alicyclic amines) is 1. The average molecular weight is 398 g/mol. The number of anilines is 1. The van der Waals surface area contributed by atoms with Gasteiger partial charge in [0, 0.05) is 30.1 Å². The van der Waals surface area contributed by atoms with Crippen molar-refractivity contribution in [2.45, 2.75) is 46.0 Å². The van der Waals surface area contributed by atoms with Crippen LogP contribution in [0.2, 0.25) is 0 Å². The summed E-state index contributed by atoms with van der Waals surface area (Å²) in [5.74, 6) is 1.37. The zero-order valence-corrected chi connectivity index (χ0v) is 17.3. The first-order valence-corrected chi connectivity index (χ1v) is 11.0. The number of nitrogens with zero attached hydrogens (tertiary/aromatic N) is 2. The Bertz CT molecular complexity index is 866. The van der Waals surface area contributed by atoms with Crippen molar-refractivity contribution in [3.05, 3.63) is 45.3 Å². The van der Waals surface area contributed by atoms with Gasteiger partial charge in [0.1, 0.15) is 5.82 Å². The molecule has 1 fully saturated rings. The van der Waals surface area contributed by atoms with Gasteiger partial charge in [-0.2, -0.15) is 0 Å². The molecule has 6 heteroatoms. The second-order valence-electron chi connectivity index (χ2n) is 8.18. The van der Waals surface area contributed by atoms with Crippen molar-refractivity contribution >= 4 is 29.0 Å². The smallest absolute Gasteiger partial charge is 0.263 e. The van der Waals surface area contributed by atoms with Crippen LogP contribution in [0.15, 0.2) is 24.4 Å². The van der Waals surface area contributed by atoms with Gasteiger partial charge in [0.25, 0.3) is 5.91 Å². The molecule has 2 aliphatic rings. The SMILES string of the molecule is Cc1ccc(NC(=O)C2CCN(C(=O)c3cc4c(s3)CC[C@@H](C)C4)CC2)nc1. The first kappa shape index (κ1) is 19.1. The number of carbonyl (C=O) groups is 2. The largest absolute Gasteiger partial charge is 0.338 e. The first-order valence-electron chi connectivity index (χ1n) is 10.1. The summed E-state index contributed by atoms with van der Waals surface area (Å²) in [5, 5.41) is 2.90. The highest BCUT2D eigenvalue weighted by molar-refractivity contribution is 7.14. The number of nitrogens with one attached hydrogen (secondary N) is 1.